The molecular formula is C19H17N3O2S. The number of aromatic nitrogens is 1. The van der Waals surface area contributed by atoms with Crippen LogP contribution in [0, 0.1) is 0 Å². The first-order chi connectivity index (χ1) is 12.2. The quantitative estimate of drug-likeness (QED) is 0.774. The highest BCUT2D eigenvalue weighted by Gasteiger charge is 2.19. The topological polar surface area (TPSA) is 62.3 Å². The number of benzene rings is 2. The number of carbonyl (C=O) groups is 2. The molecule has 0 unspecified atom stereocenters. The van der Waals surface area contributed by atoms with Crippen molar-refractivity contribution in [3.63, 3.8) is 0 Å². The van der Waals surface area contributed by atoms with Crippen molar-refractivity contribution >= 4 is 44.7 Å². The molecule has 0 radical (unpaired) electrons. The van der Waals surface area contributed by atoms with Crippen molar-refractivity contribution in [1.82, 2.24) is 4.98 Å². The maximum absolute atomic E-state index is 12.5. The molecule has 0 aliphatic carbocycles. The summed E-state index contributed by atoms with van der Waals surface area (Å²) in [5.74, 6) is -0.0252. The standard InChI is InChI=1S/C19H17N3O2S/c23-18-6-1-2-9-22(18)15-5-3-4-14(11-15)21-19(24)13-7-8-16-17(10-13)25-12-20-16/h3-5,7-8,10-12H,1-2,6,9H2,(H,21,24). The lowest BCUT2D eigenvalue weighted by Crippen LogP contribution is -2.35. The summed E-state index contributed by atoms with van der Waals surface area (Å²) in [6, 6.07) is 12.9. The third kappa shape index (κ3) is 3.25. The van der Waals surface area contributed by atoms with Gasteiger partial charge >= 0.3 is 0 Å². The van der Waals surface area contributed by atoms with Crippen molar-refractivity contribution in [2.45, 2.75) is 19.3 Å². The highest BCUT2D eigenvalue weighted by atomic mass is 32.1. The van der Waals surface area contributed by atoms with Crippen molar-refractivity contribution < 1.29 is 9.59 Å². The van der Waals surface area contributed by atoms with E-state index in [9.17, 15) is 9.59 Å². The molecule has 5 nitrogen and oxygen atoms in total. The van der Waals surface area contributed by atoms with Crippen LogP contribution >= 0.6 is 11.3 Å². The molecule has 1 aliphatic heterocycles. The minimum absolute atomic E-state index is 0.144. The lowest BCUT2D eigenvalue weighted by Gasteiger charge is -2.27. The fourth-order valence-electron chi connectivity index (χ4n) is 3.03. The van der Waals surface area contributed by atoms with Crippen LogP contribution in [0.2, 0.25) is 0 Å². The molecule has 3 aromatic rings. The number of hydrogen-bond donors (Lipinski definition) is 1. The molecule has 0 saturated carbocycles. The molecular weight excluding hydrogens is 334 g/mol. The Morgan fingerprint density at radius 3 is 2.96 bits per heavy atom. The summed E-state index contributed by atoms with van der Waals surface area (Å²) in [4.78, 5) is 30.6. The summed E-state index contributed by atoms with van der Waals surface area (Å²) in [6.45, 7) is 0.734. The fraction of sp³-hybridized carbons (Fsp3) is 0.211. The van der Waals surface area contributed by atoms with Gasteiger partial charge in [-0.3, -0.25) is 9.59 Å². The van der Waals surface area contributed by atoms with E-state index in [1.807, 2.05) is 36.4 Å². The normalized spacial score (nSPS) is 14.7. The maximum atomic E-state index is 12.5. The Morgan fingerprint density at radius 2 is 2.08 bits per heavy atom. The van der Waals surface area contributed by atoms with E-state index in [4.69, 9.17) is 0 Å². The monoisotopic (exact) mass is 351 g/mol. The summed E-state index contributed by atoms with van der Waals surface area (Å²) >= 11 is 1.51. The first-order valence-electron chi connectivity index (χ1n) is 8.26. The number of carbonyl (C=O) groups excluding carboxylic acids is 2. The van der Waals surface area contributed by atoms with Crippen LogP contribution in [0.15, 0.2) is 48.0 Å². The van der Waals surface area contributed by atoms with Gasteiger partial charge in [-0.1, -0.05) is 6.07 Å². The van der Waals surface area contributed by atoms with Gasteiger partial charge in [0.15, 0.2) is 0 Å². The number of anilines is 2. The first kappa shape index (κ1) is 15.8. The predicted octanol–water partition coefficient (Wildman–Crippen LogP) is 4.07. The lowest BCUT2D eigenvalue weighted by atomic mass is 10.1. The van der Waals surface area contributed by atoms with Gasteiger partial charge in [-0.15, -0.1) is 11.3 Å². The second-order valence-electron chi connectivity index (χ2n) is 6.04. The molecule has 1 aliphatic rings. The number of nitrogens with one attached hydrogen (secondary N) is 1. The minimum Gasteiger partial charge on any atom is -0.322 e. The molecule has 25 heavy (non-hydrogen) atoms. The summed E-state index contributed by atoms with van der Waals surface area (Å²) in [7, 11) is 0. The molecule has 1 N–H and O–H groups in total. The highest BCUT2D eigenvalue weighted by molar-refractivity contribution is 7.16. The molecule has 1 saturated heterocycles. The van der Waals surface area contributed by atoms with E-state index in [0.29, 0.717) is 17.7 Å². The van der Waals surface area contributed by atoms with Crippen molar-refractivity contribution in [3.05, 3.63) is 53.5 Å². The van der Waals surface area contributed by atoms with Crippen molar-refractivity contribution in [2.24, 2.45) is 0 Å². The third-order valence-electron chi connectivity index (χ3n) is 4.33. The molecule has 4 rings (SSSR count). The Hall–Kier alpha value is -2.73. The van der Waals surface area contributed by atoms with Crippen LogP contribution in [0.5, 0.6) is 0 Å². The van der Waals surface area contributed by atoms with Gasteiger partial charge in [-0.2, -0.15) is 0 Å². The van der Waals surface area contributed by atoms with Gasteiger partial charge < -0.3 is 10.2 Å². The van der Waals surface area contributed by atoms with Gasteiger partial charge in [0, 0.05) is 29.9 Å². The van der Waals surface area contributed by atoms with Gasteiger partial charge in [-0.05, 0) is 49.2 Å². The van der Waals surface area contributed by atoms with Crippen LogP contribution in [-0.2, 0) is 4.79 Å². The van der Waals surface area contributed by atoms with E-state index in [0.717, 1.165) is 35.3 Å². The Kier molecular flexibility index (Phi) is 4.19. The van der Waals surface area contributed by atoms with Crippen molar-refractivity contribution in [2.75, 3.05) is 16.8 Å². The Labute approximate surface area is 149 Å². The van der Waals surface area contributed by atoms with E-state index < -0.39 is 0 Å². The number of amides is 2. The number of hydrogen-bond acceptors (Lipinski definition) is 4. The van der Waals surface area contributed by atoms with E-state index in [-0.39, 0.29) is 11.8 Å². The smallest absolute Gasteiger partial charge is 0.255 e. The second kappa shape index (κ2) is 6.64. The number of rotatable bonds is 3. The van der Waals surface area contributed by atoms with Crippen LogP contribution in [0.4, 0.5) is 11.4 Å². The molecule has 6 heteroatoms. The molecule has 1 aromatic heterocycles. The maximum Gasteiger partial charge on any atom is 0.255 e. The SMILES string of the molecule is O=C(Nc1cccc(N2CCCCC2=O)c1)c1ccc2ncsc2c1. The summed E-state index contributed by atoms with van der Waals surface area (Å²) in [6.07, 6.45) is 2.55. The lowest BCUT2D eigenvalue weighted by molar-refractivity contribution is -0.119. The van der Waals surface area contributed by atoms with E-state index in [1.165, 1.54) is 11.3 Å². The van der Waals surface area contributed by atoms with Gasteiger partial charge in [0.25, 0.3) is 5.91 Å². The second-order valence-corrected chi connectivity index (χ2v) is 6.93. The Balaban J connectivity index is 1.54. The van der Waals surface area contributed by atoms with Gasteiger partial charge in [0.2, 0.25) is 5.91 Å². The molecule has 0 bridgehead atoms. The molecule has 0 atom stereocenters. The Bertz CT molecular complexity index is 951. The first-order valence-corrected chi connectivity index (χ1v) is 9.14. The summed E-state index contributed by atoms with van der Waals surface area (Å²) in [5, 5.41) is 2.92. The zero-order valence-electron chi connectivity index (χ0n) is 13.6. The van der Waals surface area contributed by atoms with Gasteiger partial charge in [0.05, 0.1) is 15.7 Å². The van der Waals surface area contributed by atoms with Gasteiger partial charge in [0.1, 0.15) is 0 Å². The van der Waals surface area contributed by atoms with Crippen molar-refractivity contribution in [3.8, 4) is 0 Å². The molecule has 0 spiro atoms. The van der Waals surface area contributed by atoms with E-state index in [1.54, 1.807) is 16.5 Å². The van der Waals surface area contributed by atoms with Crippen LogP contribution in [0.3, 0.4) is 0 Å². The van der Waals surface area contributed by atoms with Gasteiger partial charge in [-0.25, -0.2) is 4.98 Å². The van der Waals surface area contributed by atoms with Crippen molar-refractivity contribution in [1.29, 1.82) is 0 Å². The summed E-state index contributed by atoms with van der Waals surface area (Å²) in [5.41, 5.74) is 4.78. The average molecular weight is 351 g/mol. The largest absolute Gasteiger partial charge is 0.322 e. The van der Waals surface area contributed by atoms with E-state index in [2.05, 4.69) is 10.3 Å². The third-order valence-corrected chi connectivity index (χ3v) is 5.12. The number of piperidine rings is 1. The average Bonchev–Trinajstić information content (AvgIpc) is 3.10. The molecule has 2 amide bonds. The highest BCUT2D eigenvalue weighted by Crippen LogP contribution is 2.25. The molecule has 2 heterocycles. The van der Waals surface area contributed by atoms with Crippen LogP contribution in [0.25, 0.3) is 10.2 Å². The predicted molar refractivity (Wildman–Crippen MR) is 100 cm³/mol. The number of fused-ring (bicyclic) bond motifs is 1. The summed E-state index contributed by atoms with van der Waals surface area (Å²) < 4.78 is 0.986. The fourth-order valence-corrected chi connectivity index (χ4v) is 3.75. The molecule has 126 valence electrons. The molecule has 2 aromatic carbocycles. The minimum atomic E-state index is -0.169. The van der Waals surface area contributed by atoms with Crippen LogP contribution in [-0.4, -0.2) is 23.3 Å². The number of thiazole rings is 1. The van der Waals surface area contributed by atoms with E-state index >= 15 is 0 Å². The molecule has 1 fully saturated rings. The van der Waals surface area contributed by atoms with Crippen LogP contribution < -0.4 is 10.2 Å². The zero-order chi connectivity index (χ0) is 17.2. The number of nitrogens with zero attached hydrogens (tertiary/aromatic N) is 2. The Morgan fingerprint density at radius 1 is 1.16 bits per heavy atom. The zero-order valence-corrected chi connectivity index (χ0v) is 14.4. The van der Waals surface area contributed by atoms with Crippen LogP contribution in [0.1, 0.15) is 29.6 Å².